The van der Waals surface area contributed by atoms with Crippen molar-refractivity contribution in [2.24, 2.45) is 0 Å². The number of hydrogen-bond donors (Lipinski definition) is 0. The maximum atomic E-state index is 12.0. The molecule has 2 unspecified atom stereocenters. The summed E-state index contributed by atoms with van der Waals surface area (Å²) in [6.45, 7) is 5.99. The van der Waals surface area contributed by atoms with Crippen LogP contribution in [0.3, 0.4) is 0 Å². The molecule has 3 nitrogen and oxygen atoms in total. The quantitative estimate of drug-likeness (QED) is 0.738. The van der Waals surface area contributed by atoms with Gasteiger partial charge < -0.3 is 9.47 Å². The van der Waals surface area contributed by atoms with Gasteiger partial charge in [-0.05, 0) is 31.4 Å². The molecule has 3 heteroatoms. The molecule has 1 aliphatic heterocycles. The summed E-state index contributed by atoms with van der Waals surface area (Å²) in [4.78, 5) is 12.0. The Morgan fingerprint density at radius 1 is 1.41 bits per heavy atom. The van der Waals surface area contributed by atoms with Crippen molar-refractivity contribution in [2.75, 3.05) is 7.11 Å². The topological polar surface area (TPSA) is 35.5 Å². The summed E-state index contributed by atoms with van der Waals surface area (Å²) in [5, 5.41) is 0. The number of cyclic esters (lactones) is 1. The maximum absolute atomic E-state index is 12.0. The number of esters is 1. The van der Waals surface area contributed by atoms with Gasteiger partial charge in [0, 0.05) is 5.92 Å². The van der Waals surface area contributed by atoms with Gasteiger partial charge in [0.05, 0.1) is 7.11 Å². The predicted octanol–water partition coefficient (Wildman–Crippen LogP) is 3.06. The lowest BCUT2D eigenvalue weighted by molar-refractivity contribution is 0.0216. The maximum Gasteiger partial charge on any atom is 0.342 e. The lowest BCUT2D eigenvalue weighted by Crippen LogP contribution is -2.30. The van der Waals surface area contributed by atoms with Crippen molar-refractivity contribution in [1.82, 2.24) is 0 Å². The minimum Gasteiger partial charge on any atom is -0.496 e. The van der Waals surface area contributed by atoms with Crippen molar-refractivity contribution in [1.29, 1.82) is 0 Å². The van der Waals surface area contributed by atoms with Crippen molar-refractivity contribution in [3.63, 3.8) is 0 Å². The van der Waals surface area contributed by atoms with E-state index < -0.39 is 0 Å². The SMILES string of the molecule is CCC1c2ccc(C)c(OC)c2C(=O)OC1C. The second kappa shape index (κ2) is 4.40. The molecular formula is C14H18O3. The molecule has 0 radical (unpaired) electrons. The highest BCUT2D eigenvalue weighted by Crippen LogP contribution is 2.39. The molecule has 0 fully saturated rings. The molecule has 0 saturated carbocycles. The molecule has 0 N–H and O–H groups in total. The normalized spacial score (nSPS) is 22.9. The standard InChI is InChI=1S/C14H18O3/c1-5-10-9(3)17-14(15)12-11(10)7-6-8(2)13(12)16-4/h6-7,9-10H,5H2,1-4H3. The molecule has 0 bridgehead atoms. The van der Waals surface area contributed by atoms with Gasteiger partial charge in [-0.15, -0.1) is 0 Å². The van der Waals surface area contributed by atoms with Crippen molar-refractivity contribution in [3.05, 3.63) is 28.8 Å². The van der Waals surface area contributed by atoms with E-state index in [-0.39, 0.29) is 18.0 Å². The predicted molar refractivity (Wildman–Crippen MR) is 65.6 cm³/mol. The Morgan fingerprint density at radius 3 is 2.71 bits per heavy atom. The Hall–Kier alpha value is -1.51. The second-order valence-electron chi connectivity index (χ2n) is 4.51. The summed E-state index contributed by atoms with van der Waals surface area (Å²) in [6, 6.07) is 4.03. The molecule has 1 aliphatic rings. The number of carbonyl (C=O) groups is 1. The van der Waals surface area contributed by atoms with E-state index >= 15 is 0 Å². The van der Waals surface area contributed by atoms with E-state index in [1.165, 1.54) is 0 Å². The van der Waals surface area contributed by atoms with Crippen LogP contribution in [0.4, 0.5) is 0 Å². The number of aryl methyl sites for hydroxylation is 1. The molecule has 0 aliphatic carbocycles. The highest BCUT2D eigenvalue weighted by Gasteiger charge is 2.34. The van der Waals surface area contributed by atoms with E-state index in [1.807, 2.05) is 26.0 Å². The zero-order chi connectivity index (χ0) is 12.6. The van der Waals surface area contributed by atoms with Gasteiger partial charge in [-0.1, -0.05) is 19.1 Å². The highest BCUT2D eigenvalue weighted by atomic mass is 16.5. The Labute approximate surface area is 102 Å². The molecule has 1 aromatic carbocycles. The molecule has 0 aromatic heterocycles. The summed E-state index contributed by atoms with van der Waals surface area (Å²) in [6.07, 6.45) is 0.889. The van der Waals surface area contributed by atoms with Gasteiger partial charge in [0.25, 0.3) is 0 Å². The first-order chi connectivity index (χ1) is 8.10. The number of methoxy groups -OCH3 is 1. The monoisotopic (exact) mass is 234 g/mol. The molecule has 2 atom stereocenters. The smallest absolute Gasteiger partial charge is 0.342 e. The van der Waals surface area contributed by atoms with Crippen LogP contribution >= 0.6 is 0 Å². The lowest BCUT2D eigenvalue weighted by Gasteiger charge is -2.31. The van der Waals surface area contributed by atoms with Gasteiger partial charge in [0.15, 0.2) is 0 Å². The fraction of sp³-hybridized carbons (Fsp3) is 0.500. The first kappa shape index (κ1) is 12.0. The van der Waals surface area contributed by atoms with E-state index in [9.17, 15) is 4.79 Å². The Balaban J connectivity index is 2.64. The molecule has 0 saturated heterocycles. The van der Waals surface area contributed by atoms with Crippen LogP contribution in [0.25, 0.3) is 0 Å². The van der Waals surface area contributed by atoms with Crippen LogP contribution in [0.2, 0.25) is 0 Å². The van der Waals surface area contributed by atoms with Gasteiger partial charge >= 0.3 is 5.97 Å². The van der Waals surface area contributed by atoms with Crippen molar-refractivity contribution < 1.29 is 14.3 Å². The Morgan fingerprint density at radius 2 is 2.12 bits per heavy atom. The zero-order valence-corrected chi connectivity index (χ0v) is 10.7. The Kier molecular flexibility index (Phi) is 3.09. The van der Waals surface area contributed by atoms with E-state index in [4.69, 9.17) is 9.47 Å². The third-order valence-corrected chi connectivity index (χ3v) is 3.49. The van der Waals surface area contributed by atoms with Crippen LogP contribution in [-0.4, -0.2) is 19.2 Å². The van der Waals surface area contributed by atoms with Gasteiger partial charge in [0.2, 0.25) is 0 Å². The minimum absolute atomic E-state index is 0.0626. The minimum atomic E-state index is -0.266. The van der Waals surface area contributed by atoms with Gasteiger partial charge in [-0.2, -0.15) is 0 Å². The third kappa shape index (κ3) is 1.79. The summed E-state index contributed by atoms with van der Waals surface area (Å²) < 4.78 is 10.7. The van der Waals surface area contributed by atoms with Gasteiger partial charge in [-0.3, -0.25) is 0 Å². The second-order valence-corrected chi connectivity index (χ2v) is 4.51. The molecule has 2 rings (SSSR count). The zero-order valence-electron chi connectivity index (χ0n) is 10.7. The molecule has 17 heavy (non-hydrogen) atoms. The molecule has 0 amide bonds. The summed E-state index contributed by atoms with van der Waals surface area (Å²) >= 11 is 0. The van der Waals surface area contributed by atoms with E-state index in [0.29, 0.717) is 11.3 Å². The number of ether oxygens (including phenoxy) is 2. The molecule has 1 aromatic rings. The fourth-order valence-electron chi connectivity index (χ4n) is 2.60. The van der Waals surface area contributed by atoms with Crippen LogP contribution in [-0.2, 0) is 4.74 Å². The summed E-state index contributed by atoms with van der Waals surface area (Å²) in [5.74, 6) is 0.646. The van der Waals surface area contributed by atoms with Crippen LogP contribution in [0.15, 0.2) is 12.1 Å². The van der Waals surface area contributed by atoms with Crippen LogP contribution in [0, 0.1) is 6.92 Å². The fourth-order valence-corrected chi connectivity index (χ4v) is 2.60. The summed E-state index contributed by atoms with van der Waals surface area (Å²) in [7, 11) is 1.59. The van der Waals surface area contributed by atoms with E-state index in [1.54, 1.807) is 7.11 Å². The van der Waals surface area contributed by atoms with Crippen molar-refractivity contribution in [2.45, 2.75) is 39.2 Å². The third-order valence-electron chi connectivity index (χ3n) is 3.49. The number of rotatable bonds is 2. The average Bonchev–Trinajstić information content (AvgIpc) is 2.30. The number of carbonyl (C=O) groups excluding carboxylic acids is 1. The largest absolute Gasteiger partial charge is 0.496 e. The van der Waals surface area contributed by atoms with Crippen LogP contribution in [0.1, 0.15) is 47.7 Å². The van der Waals surface area contributed by atoms with Gasteiger partial charge in [0.1, 0.15) is 17.4 Å². The molecule has 0 spiro atoms. The van der Waals surface area contributed by atoms with Gasteiger partial charge in [-0.25, -0.2) is 4.79 Å². The van der Waals surface area contributed by atoms with Crippen molar-refractivity contribution in [3.8, 4) is 5.75 Å². The van der Waals surface area contributed by atoms with E-state index in [0.717, 1.165) is 17.5 Å². The Bertz CT molecular complexity index is 451. The van der Waals surface area contributed by atoms with Crippen molar-refractivity contribution >= 4 is 5.97 Å². The van der Waals surface area contributed by atoms with Crippen LogP contribution < -0.4 is 4.74 Å². The number of fused-ring (bicyclic) bond motifs is 1. The first-order valence-corrected chi connectivity index (χ1v) is 5.98. The number of benzene rings is 1. The molecular weight excluding hydrogens is 216 g/mol. The molecule has 92 valence electrons. The first-order valence-electron chi connectivity index (χ1n) is 5.98. The van der Waals surface area contributed by atoms with Crippen LogP contribution in [0.5, 0.6) is 5.75 Å². The molecule has 1 heterocycles. The highest BCUT2D eigenvalue weighted by molar-refractivity contribution is 5.96. The number of hydrogen-bond acceptors (Lipinski definition) is 3. The summed E-state index contributed by atoms with van der Waals surface area (Å²) in [5.41, 5.74) is 2.63. The average molecular weight is 234 g/mol. The lowest BCUT2D eigenvalue weighted by atomic mass is 9.85. The van der Waals surface area contributed by atoms with E-state index in [2.05, 4.69) is 6.92 Å².